The maximum Gasteiger partial charge on any atom is 0.358 e. The highest BCUT2D eigenvalue weighted by atomic mass is 16.4. The van der Waals surface area contributed by atoms with Crippen LogP contribution in [0.3, 0.4) is 0 Å². The second-order valence-electron chi connectivity index (χ2n) is 5.22. The lowest BCUT2D eigenvalue weighted by molar-refractivity contribution is 0.0690. The van der Waals surface area contributed by atoms with Gasteiger partial charge in [0.15, 0.2) is 5.69 Å². The van der Waals surface area contributed by atoms with E-state index in [0.717, 1.165) is 6.54 Å². The zero-order valence-corrected chi connectivity index (χ0v) is 10.7. The summed E-state index contributed by atoms with van der Waals surface area (Å²) < 4.78 is 1.57. The van der Waals surface area contributed by atoms with E-state index in [4.69, 9.17) is 5.11 Å². The van der Waals surface area contributed by atoms with Crippen LogP contribution in [0.5, 0.6) is 0 Å². The van der Waals surface area contributed by atoms with E-state index < -0.39 is 5.97 Å². The Labute approximate surface area is 106 Å². The molecular formula is C12H20N4O2. The van der Waals surface area contributed by atoms with Gasteiger partial charge in [-0.1, -0.05) is 24.5 Å². The van der Waals surface area contributed by atoms with Crippen molar-refractivity contribution in [1.82, 2.24) is 20.3 Å². The summed E-state index contributed by atoms with van der Waals surface area (Å²) in [7, 11) is 0. The lowest BCUT2D eigenvalue weighted by Crippen LogP contribution is -2.45. The van der Waals surface area contributed by atoms with E-state index in [1.807, 2.05) is 0 Å². The summed E-state index contributed by atoms with van der Waals surface area (Å²) in [5.41, 5.74) is 0.230. The third-order valence-electron chi connectivity index (χ3n) is 3.61. The smallest absolute Gasteiger partial charge is 0.358 e. The van der Waals surface area contributed by atoms with Crippen molar-refractivity contribution in [3.8, 4) is 0 Å². The number of nitrogens with one attached hydrogen (secondary N) is 1. The molecule has 0 saturated heterocycles. The van der Waals surface area contributed by atoms with Crippen LogP contribution >= 0.6 is 0 Å². The molecule has 0 aliphatic heterocycles. The predicted octanol–water partition coefficient (Wildman–Crippen LogP) is 1.29. The molecule has 0 unspecified atom stereocenters. The van der Waals surface area contributed by atoms with Crippen molar-refractivity contribution in [3.05, 3.63) is 11.9 Å². The topological polar surface area (TPSA) is 80.0 Å². The molecule has 1 aromatic rings. The van der Waals surface area contributed by atoms with Crippen molar-refractivity contribution < 1.29 is 9.90 Å². The summed E-state index contributed by atoms with van der Waals surface area (Å²) >= 11 is 0. The van der Waals surface area contributed by atoms with E-state index in [0.29, 0.717) is 6.54 Å². The minimum absolute atomic E-state index is 0.00104. The average molecular weight is 252 g/mol. The average Bonchev–Trinajstić information content (AvgIpc) is 2.78. The molecule has 0 spiro atoms. The molecule has 1 saturated carbocycles. The number of nitrogens with zero attached hydrogens (tertiary/aromatic N) is 3. The molecule has 0 bridgehead atoms. The number of carbonyl (C=O) groups is 1. The van der Waals surface area contributed by atoms with Gasteiger partial charge in [0, 0.05) is 12.1 Å². The summed E-state index contributed by atoms with van der Waals surface area (Å²) in [6, 6.07) is 0. The Hall–Kier alpha value is -1.43. The molecule has 2 N–H and O–H groups in total. The first kappa shape index (κ1) is 13.0. The van der Waals surface area contributed by atoms with E-state index in [9.17, 15) is 4.79 Å². The molecule has 0 amide bonds. The summed E-state index contributed by atoms with van der Waals surface area (Å²) in [5.74, 6) is -1.03. The fourth-order valence-electron chi connectivity index (χ4n) is 2.49. The Morgan fingerprint density at radius 1 is 1.50 bits per heavy atom. The first-order chi connectivity index (χ1) is 8.59. The van der Waals surface area contributed by atoms with Crippen molar-refractivity contribution in [3.63, 3.8) is 0 Å². The summed E-state index contributed by atoms with van der Waals surface area (Å²) in [4.78, 5) is 10.7. The largest absolute Gasteiger partial charge is 0.476 e. The minimum Gasteiger partial charge on any atom is -0.476 e. The highest BCUT2D eigenvalue weighted by molar-refractivity contribution is 5.84. The van der Waals surface area contributed by atoms with Crippen LogP contribution in [0.15, 0.2) is 6.20 Å². The van der Waals surface area contributed by atoms with Gasteiger partial charge < -0.3 is 10.4 Å². The van der Waals surface area contributed by atoms with Crippen molar-refractivity contribution in [2.75, 3.05) is 6.54 Å². The quantitative estimate of drug-likeness (QED) is 0.825. The Kier molecular flexibility index (Phi) is 3.96. The third kappa shape index (κ3) is 3.29. The number of aromatic carboxylic acids is 1. The Morgan fingerprint density at radius 3 is 2.83 bits per heavy atom. The minimum atomic E-state index is -1.03. The van der Waals surface area contributed by atoms with Crippen LogP contribution in [-0.2, 0) is 6.54 Å². The SMILES string of the molecule is CC1(NCCn2cc(C(=O)O)nn2)CCCCC1. The fraction of sp³-hybridized carbons (Fsp3) is 0.750. The molecule has 0 aromatic carbocycles. The monoisotopic (exact) mass is 252 g/mol. The van der Waals surface area contributed by atoms with Crippen LogP contribution in [0.4, 0.5) is 0 Å². The Bertz CT molecular complexity index is 410. The van der Waals surface area contributed by atoms with Crippen molar-refractivity contribution in [2.24, 2.45) is 0 Å². The molecule has 6 heteroatoms. The summed E-state index contributed by atoms with van der Waals surface area (Å²) in [6.07, 6.45) is 7.80. The first-order valence-corrected chi connectivity index (χ1v) is 6.48. The van der Waals surface area contributed by atoms with Gasteiger partial charge in [-0.05, 0) is 19.8 Å². The Balaban J connectivity index is 1.78. The maximum atomic E-state index is 10.7. The molecule has 0 radical (unpaired) electrons. The van der Waals surface area contributed by atoms with Gasteiger partial charge in [0.05, 0.1) is 12.7 Å². The second kappa shape index (κ2) is 5.48. The maximum absolute atomic E-state index is 10.7. The van der Waals surface area contributed by atoms with E-state index in [1.165, 1.54) is 38.3 Å². The zero-order valence-electron chi connectivity index (χ0n) is 10.7. The molecule has 0 atom stereocenters. The predicted molar refractivity (Wildman–Crippen MR) is 66.5 cm³/mol. The normalized spacial score (nSPS) is 18.7. The van der Waals surface area contributed by atoms with Crippen molar-refractivity contribution >= 4 is 5.97 Å². The molecule has 1 aliphatic carbocycles. The van der Waals surface area contributed by atoms with Gasteiger partial charge in [-0.25, -0.2) is 4.79 Å². The lowest BCUT2D eigenvalue weighted by atomic mass is 9.83. The highest BCUT2D eigenvalue weighted by Crippen LogP contribution is 2.27. The second-order valence-corrected chi connectivity index (χ2v) is 5.22. The lowest BCUT2D eigenvalue weighted by Gasteiger charge is -2.34. The van der Waals surface area contributed by atoms with Crippen molar-refractivity contribution in [2.45, 2.75) is 51.1 Å². The van der Waals surface area contributed by atoms with Gasteiger partial charge in [-0.3, -0.25) is 4.68 Å². The number of carboxylic acid groups (broad SMARTS) is 1. The zero-order chi connectivity index (χ0) is 13.0. The number of carboxylic acids is 1. The molecule has 1 aromatic heterocycles. The van der Waals surface area contributed by atoms with Crippen LogP contribution in [-0.4, -0.2) is 38.2 Å². The summed E-state index contributed by atoms with van der Waals surface area (Å²) in [5, 5.41) is 19.7. The van der Waals surface area contributed by atoms with Gasteiger partial charge in [-0.2, -0.15) is 0 Å². The van der Waals surface area contributed by atoms with Crippen LogP contribution in [0.25, 0.3) is 0 Å². The van der Waals surface area contributed by atoms with Gasteiger partial charge in [0.2, 0.25) is 0 Å². The molecule has 2 rings (SSSR count). The molecule has 100 valence electrons. The third-order valence-corrected chi connectivity index (χ3v) is 3.61. The molecule has 1 fully saturated rings. The van der Waals surface area contributed by atoms with Crippen LogP contribution < -0.4 is 5.32 Å². The van der Waals surface area contributed by atoms with Crippen molar-refractivity contribution in [1.29, 1.82) is 0 Å². The van der Waals surface area contributed by atoms with E-state index in [2.05, 4.69) is 22.6 Å². The number of rotatable bonds is 5. The highest BCUT2D eigenvalue weighted by Gasteiger charge is 2.25. The Morgan fingerprint density at radius 2 is 2.22 bits per heavy atom. The molecule has 6 nitrogen and oxygen atoms in total. The van der Waals surface area contributed by atoms with Crippen LogP contribution in [0.2, 0.25) is 0 Å². The van der Waals surface area contributed by atoms with Gasteiger partial charge in [0.1, 0.15) is 0 Å². The van der Waals surface area contributed by atoms with Crippen LogP contribution in [0, 0.1) is 0 Å². The van der Waals surface area contributed by atoms with Gasteiger partial charge in [0.25, 0.3) is 0 Å². The molecule has 18 heavy (non-hydrogen) atoms. The number of hydrogen-bond donors (Lipinski definition) is 2. The first-order valence-electron chi connectivity index (χ1n) is 6.48. The van der Waals surface area contributed by atoms with E-state index in [1.54, 1.807) is 4.68 Å². The van der Waals surface area contributed by atoms with E-state index in [-0.39, 0.29) is 11.2 Å². The molecule has 1 heterocycles. The standard InChI is InChI=1S/C12H20N4O2/c1-12(5-3-2-4-6-12)13-7-8-16-9-10(11(17)18)14-15-16/h9,13H,2-8H2,1H3,(H,17,18). The molecule has 1 aliphatic rings. The number of aromatic nitrogens is 3. The van der Waals surface area contributed by atoms with E-state index >= 15 is 0 Å². The van der Waals surface area contributed by atoms with Gasteiger partial charge >= 0.3 is 5.97 Å². The summed E-state index contributed by atoms with van der Waals surface area (Å²) in [6.45, 7) is 3.70. The van der Waals surface area contributed by atoms with Crippen LogP contribution in [0.1, 0.15) is 49.5 Å². The fourth-order valence-corrected chi connectivity index (χ4v) is 2.49. The van der Waals surface area contributed by atoms with Gasteiger partial charge in [-0.15, -0.1) is 5.10 Å². The molecular weight excluding hydrogens is 232 g/mol. The number of hydrogen-bond acceptors (Lipinski definition) is 4.